The molecule has 0 aliphatic heterocycles. The second-order valence-corrected chi connectivity index (χ2v) is 6.22. The highest BCUT2D eigenvalue weighted by molar-refractivity contribution is 9.11. The van der Waals surface area contributed by atoms with Crippen molar-refractivity contribution in [1.82, 2.24) is 0 Å². The molecule has 0 saturated carbocycles. The van der Waals surface area contributed by atoms with Gasteiger partial charge in [-0.25, -0.2) is 4.39 Å². The summed E-state index contributed by atoms with van der Waals surface area (Å²) in [6, 6.07) is 8.39. The lowest BCUT2D eigenvalue weighted by Gasteiger charge is -2.11. The van der Waals surface area contributed by atoms with Gasteiger partial charge in [-0.1, -0.05) is 11.6 Å². The highest BCUT2D eigenvalue weighted by Crippen LogP contribution is 2.34. The lowest BCUT2D eigenvalue weighted by atomic mass is 10.2. The molecule has 0 spiro atoms. The number of anilines is 1. The topological polar surface area (TPSA) is 21.3 Å². The second-order valence-electron chi connectivity index (χ2n) is 4.07. The van der Waals surface area contributed by atoms with Crippen LogP contribution in [0.1, 0.15) is 5.56 Å². The summed E-state index contributed by atoms with van der Waals surface area (Å²) < 4.78 is 20.6. The van der Waals surface area contributed by atoms with E-state index in [1.165, 1.54) is 6.07 Å². The smallest absolute Gasteiger partial charge is 0.147 e. The summed E-state index contributed by atoms with van der Waals surface area (Å²) in [6.07, 6.45) is 0. The molecular weight excluding hydrogens is 412 g/mol. The number of benzene rings is 2. The van der Waals surface area contributed by atoms with Gasteiger partial charge in [0, 0.05) is 11.6 Å². The van der Waals surface area contributed by atoms with Gasteiger partial charge in [0.2, 0.25) is 0 Å². The quantitative estimate of drug-likeness (QED) is 0.689. The van der Waals surface area contributed by atoms with Crippen LogP contribution in [0.5, 0.6) is 5.75 Å². The van der Waals surface area contributed by atoms with Crippen molar-refractivity contribution in [2.45, 2.75) is 6.54 Å². The van der Waals surface area contributed by atoms with Crippen molar-refractivity contribution in [2.24, 2.45) is 0 Å². The number of ether oxygens (including phenoxy) is 1. The van der Waals surface area contributed by atoms with Crippen LogP contribution < -0.4 is 10.1 Å². The molecule has 0 radical (unpaired) electrons. The van der Waals surface area contributed by atoms with Crippen molar-refractivity contribution in [2.75, 3.05) is 12.4 Å². The van der Waals surface area contributed by atoms with Gasteiger partial charge in [0.15, 0.2) is 0 Å². The first kappa shape index (κ1) is 15.6. The zero-order chi connectivity index (χ0) is 14.7. The highest BCUT2D eigenvalue weighted by Gasteiger charge is 2.08. The molecule has 0 aliphatic carbocycles. The molecular formula is C14H11Br2ClFNO. The van der Waals surface area contributed by atoms with Crippen LogP contribution >= 0.6 is 43.5 Å². The van der Waals surface area contributed by atoms with Crippen LogP contribution in [0.25, 0.3) is 0 Å². The van der Waals surface area contributed by atoms with Crippen LogP contribution in [-0.2, 0) is 6.54 Å². The summed E-state index contributed by atoms with van der Waals surface area (Å²) >= 11 is 12.6. The predicted molar refractivity (Wildman–Crippen MR) is 87.1 cm³/mol. The largest absolute Gasteiger partial charge is 0.494 e. The molecule has 0 unspecified atom stereocenters. The van der Waals surface area contributed by atoms with E-state index < -0.39 is 0 Å². The van der Waals surface area contributed by atoms with E-state index >= 15 is 0 Å². The molecule has 106 valence electrons. The van der Waals surface area contributed by atoms with E-state index in [2.05, 4.69) is 37.2 Å². The van der Waals surface area contributed by atoms with Gasteiger partial charge in [0.05, 0.1) is 21.7 Å². The summed E-state index contributed by atoms with van der Waals surface area (Å²) in [5.74, 6) is 0.357. The molecule has 0 heterocycles. The molecule has 20 heavy (non-hydrogen) atoms. The summed E-state index contributed by atoms with van der Waals surface area (Å²) in [4.78, 5) is 0. The maximum absolute atomic E-state index is 13.6. The first-order valence-electron chi connectivity index (χ1n) is 5.72. The van der Waals surface area contributed by atoms with E-state index in [-0.39, 0.29) is 5.82 Å². The number of rotatable bonds is 4. The number of nitrogens with one attached hydrogen (secondary N) is 1. The third-order valence-corrected chi connectivity index (χ3v) is 4.09. The summed E-state index contributed by atoms with van der Waals surface area (Å²) in [7, 11) is 1.60. The second kappa shape index (κ2) is 6.78. The lowest BCUT2D eigenvalue weighted by molar-refractivity contribution is 0.409. The third kappa shape index (κ3) is 3.65. The van der Waals surface area contributed by atoms with E-state index in [1.54, 1.807) is 19.2 Å². The van der Waals surface area contributed by atoms with E-state index in [4.69, 9.17) is 16.3 Å². The maximum Gasteiger partial charge on any atom is 0.147 e. The Morgan fingerprint density at radius 1 is 1.20 bits per heavy atom. The van der Waals surface area contributed by atoms with Crippen LogP contribution in [0.15, 0.2) is 39.3 Å². The molecule has 2 nitrogen and oxygen atoms in total. The molecule has 1 N–H and O–H groups in total. The molecule has 2 aromatic rings. The Hall–Kier alpha value is -0.780. The fraction of sp³-hybridized carbons (Fsp3) is 0.143. The molecule has 2 aromatic carbocycles. The van der Waals surface area contributed by atoms with Gasteiger partial charge in [0.1, 0.15) is 11.6 Å². The molecule has 0 saturated heterocycles. The monoisotopic (exact) mass is 421 g/mol. The van der Waals surface area contributed by atoms with Crippen LogP contribution in [0.3, 0.4) is 0 Å². The van der Waals surface area contributed by atoms with Crippen molar-refractivity contribution in [3.05, 3.63) is 55.7 Å². The fourth-order valence-corrected chi connectivity index (χ4v) is 3.50. The Balaban J connectivity index is 2.15. The summed E-state index contributed by atoms with van der Waals surface area (Å²) in [5.41, 5.74) is 1.40. The van der Waals surface area contributed by atoms with Crippen molar-refractivity contribution >= 4 is 49.1 Å². The Bertz CT molecular complexity index is 614. The first-order chi connectivity index (χ1) is 9.51. The molecule has 6 heteroatoms. The Labute approximate surface area is 138 Å². The lowest BCUT2D eigenvalue weighted by Crippen LogP contribution is -2.02. The van der Waals surface area contributed by atoms with Crippen LogP contribution in [0.4, 0.5) is 10.1 Å². The molecule has 0 bridgehead atoms. The van der Waals surface area contributed by atoms with Gasteiger partial charge in [-0.15, -0.1) is 0 Å². The molecule has 0 aromatic heterocycles. The number of halogens is 4. The Morgan fingerprint density at radius 3 is 2.40 bits per heavy atom. The Kier molecular flexibility index (Phi) is 5.29. The van der Waals surface area contributed by atoms with Crippen LogP contribution in [-0.4, -0.2) is 7.11 Å². The highest BCUT2D eigenvalue weighted by atomic mass is 79.9. The van der Waals surface area contributed by atoms with Crippen LogP contribution in [0.2, 0.25) is 5.02 Å². The molecule has 2 rings (SSSR count). The molecule has 0 fully saturated rings. The average molecular weight is 424 g/mol. The van der Waals surface area contributed by atoms with Gasteiger partial charge < -0.3 is 10.1 Å². The summed E-state index contributed by atoms with van der Waals surface area (Å²) in [5, 5.41) is 3.41. The predicted octanol–water partition coefficient (Wildman–Crippen LogP) is 5.62. The van der Waals surface area contributed by atoms with E-state index in [9.17, 15) is 4.39 Å². The van der Waals surface area contributed by atoms with Crippen LogP contribution in [0, 0.1) is 5.82 Å². The average Bonchev–Trinajstić information content (AvgIpc) is 2.37. The first-order valence-corrected chi connectivity index (χ1v) is 7.68. The minimum absolute atomic E-state index is 0.371. The SMILES string of the molecule is COc1c(Br)cc(CNc2ccc(Cl)cc2F)cc1Br. The van der Waals surface area contributed by atoms with Crippen molar-refractivity contribution in [3.63, 3.8) is 0 Å². The zero-order valence-corrected chi connectivity index (χ0v) is 14.4. The van der Waals surface area contributed by atoms with Gasteiger partial charge >= 0.3 is 0 Å². The fourth-order valence-electron chi connectivity index (χ4n) is 1.74. The number of hydrogen-bond donors (Lipinski definition) is 1. The van der Waals surface area contributed by atoms with Gasteiger partial charge in [-0.2, -0.15) is 0 Å². The van der Waals surface area contributed by atoms with E-state index in [0.717, 1.165) is 20.3 Å². The Morgan fingerprint density at radius 2 is 1.85 bits per heavy atom. The minimum atomic E-state index is -0.371. The van der Waals surface area contributed by atoms with Gasteiger partial charge in [0.25, 0.3) is 0 Å². The molecule has 0 amide bonds. The maximum atomic E-state index is 13.6. The van der Waals surface area contributed by atoms with E-state index in [0.29, 0.717) is 17.3 Å². The van der Waals surface area contributed by atoms with Crippen molar-refractivity contribution in [1.29, 1.82) is 0 Å². The normalized spacial score (nSPS) is 10.4. The van der Waals surface area contributed by atoms with Crippen molar-refractivity contribution in [3.8, 4) is 5.75 Å². The molecule has 0 aliphatic rings. The number of hydrogen-bond acceptors (Lipinski definition) is 2. The minimum Gasteiger partial charge on any atom is -0.494 e. The third-order valence-electron chi connectivity index (χ3n) is 2.68. The van der Waals surface area contributed by atoms with E-state index in [1.807, 2.05) is 12.1 Å². The van der Waals surface area contributed by atoms with Gasteiger partial charge in [-0.3, -0.25) is 0 Å². The van der Waals surface area contributed by atoms with Crippen molar-refractivity contribution < 1.29 is 9.13 Å². The number of methoxy groups -OCH3 is 1. The standard InChI is InChI=1S/C14H11Br2ClFNO/c1-20-14-10(15)4-8(5-11(14)16)7-19-13-3-2-9(17)6-12(13)18/h2-6,19H,7H2,1H3. The zero-order valence-electron chi connectivity index (χ0n) is 10.5. The summed E-state index contributed by atoms with van der Waals surface area (Å²) in [6.45, 7) is 0.486. The van der Waals surface area contributed by atoms with Gasteiger partial charge in [-0.05, 0) is 67.8 Å². The molecule has 0 atom stereocenters.